The quantitative estimate of drug-likeness (QED) is 0.833. The van der Waals surface area contributed by atoms with E-state index >= 15 is 0 Å². The number of aliphatic imine (C=N–C) groups is 1. The van der Waals surface area contributed by atoms with Gasteiger partial charge in [-0.25, -0.2) is 4.99 Å². The van der Waals surface area contributed by atoms with Crippen LogP contribution in [0.5, 0.6) is 0 Å². The summed E-state index contributed by atoms with van der Waals surface area (Å²) in [7, 11) is 3.67. The molecule has 22 heavy (non-hydrogen) atoms. The molecule has 1 aliphatic heterocycles. The van der Waals surface area contributed by atoms with Gasteiger partial charge in [0.05, 0.1) is 25.2 Å². The van der Waals surface area contributed by atoms with Gasteiger partial charge in [-0.3, -0.25) is 0 Å². The predicted molar refractivity (Wildman–Crippen MR) is 81.4 cm³/mol. The Labute approximate surface area is 130 Å². The van der Waals surface area contributed by atoms with Crippen molar-refractivity contribution < 1.29 is 19.7 Å². The highest BCUT2D eigenvalue weighted by molar-refractivity contribution is 5.75. The Morgan fingerprint density at radius 3 is 2.59 bits per heavy atom. The van der Waals surface area contributed by atoms with Crippen molar-refractivity contribution in [3.63, 3.8) is 0 Å². The molecule has 6 nitrogen and oxygen atoms in total. The van der Waals surface area contributed by atoms with Crippen molar-refractivity contribution in [3.05, 3.63) is 35.9 Å². The Morgan fingerprint density at radius 1 is 1.18 bits per heavy atom. The molecule has 1 saturated carbocycles. The summed E-state index contributed by atoms with van der Waals surface area (Å²) in [6.45, 7) is 0.795. The van der Waals surface area contributed by atoms with Crippen molar-refractivity contribution in [2.24, 2.45) is 10.9 Å². The predicted octanol–water partition coefficient (Wildman–Crippen LogP) is 0.240. The van der Waals surface area contributed by atoms with Crippen LogP contribution in [0.4, 0.5) is 0 Å². The van der Waals surface area contributed by atoms with Crippen LogP contribution in [-0.2, 0) is 16.1 Å². The molecular weight excluding hydrogens is 284 g/mol. The van der Waals surface area contributed by atoms with E-state index in [2.05, 4.69) is 4.99 Å². The number of fused-ring (bicyclic) bond motifs is 1. The van der Waals surface area contributed by atoms with Crippen molar-refractivity contribution in [2.75, 3.05) is 20.7 Å². The summed E-state index contributed by atoms with van der Waals surface area (Å²) in [6, 6.07) is 9.93. The summed E-state index contributed by atoms with van der Waals surface area (Å²) in [5.74, 6) is -0.287. The Kier molecular flexibility index (Phi) is 4.33. The molecule has 120 valence electrons. The van der Waals surface area contributed by atoms with E-state index in [0.717, 1.165) is 5.56 Å². The first-order valence-electron chi connectivity index (χ1n) is 7.47. The average molecular weight is 306 g/mol. The van der Waals surface area contributed by atoms with E-state index in [-0.39, 0.29) is 12.0 Å². The van der Waals surface area contributed by atoms with Gasteiger partial charge in [-0.05, 0) is 5.56 Å². The Morgan fingerprint density at radius 2 is 1.91 bits per heavy atom. The highest BCUT2D eigenvalue weighted by atomic mass is 16.5. The molecule has 0 spiro atoms. The topological polar surface area (TPSA) is 74.5 Å². The van der Waals surface area contributed by atoms with Gasteiger partial charge in [0.25, 0.3) is 6.02 Å². The number of aliphatic hydroxyl groups excluding tert-OH is 2. The first-order chi connectivity index (χ1) is 10.6. The van der Waals surface area contributed by atoms with Gasteiger partial charge < -0.3 is 24.6 Å². The molecule has 1 aromatic rings. The Hall–Kier alpha value is -1.63. The molecule has 1 heterocycles. The van der Waals surface area contributed by atoms with Gasteiger partial charge >= 0.3 is 0 Å². The number of aliphatic hydroxyl groups is 2. The first-order valence-corrected chi connectivity index (χ1v) is 7.47. The zero-order valence-electron chi connectivity index (χ0n) is 12.8. The van der Waals surface area contributed by atoms with E-state index < -0.39 is 18.2 Å². The van der Waals surface area contributed by atoms with Crippen LogP contribution in [0.3, 0.4) is 0 Å². The van der Waals surface area contributed by atoms with Crippen LogP contribution in [0.15, 0.2) is 35.3 Å². The Balaban J connectivity index is 1.60. The van der Waals surface area contributed by atoms with E-state index in [1.807, 2.05) is 44.4 Å². The summed E-state index contributed by atoms with van der Waals surface area (Å²) in [5, 5.41) is 20.3. The lowest BCUT2D eigenvalue weighted by atomic mass is 10.0. The third kappa shape index (κ3) is 2.82. The second-order valence-electron chi connectivity index (χ2n) is 6.02. The number of hydrogen-bond acceptors (Lipinski definition) is 6. The highest BCUT2D eigenvalue weighted by Gasteiger charge is 2.54. The second kappa shape index (κ2) is 6.24. The van der Waals surface area contributed by atoms with Crippen LogP contribution in [0.1, 0.15) is 5.56 Å². The molecule has 5 atom stereocenters. The van der Waals surface area contributed by atoms with Gasteiger partial charge in [0.15, 0.2) is 0 Å². The average Bonchev–Trinajstić information content (AvgIpc) is 3.04. The van der Waals surface area contributed by atoms with Gasteiger partial charge in [0.2, 0.25) is 0 Å². The third-order valence-corrected chi connectivity index (χ3v) is 4.20. The summed E-state index contributed by atoms with van der Waals surface area (Å²) in [4.78, 5) is 6.12. The highest BCUT2D eigenvalue weighted by Crippen LogP contribution is 2.36. The molecule has 2 N–H and O–H groups in total. The van der Waals surface area contributed by atoms with E-state index in [4.69, 9.17) is 9.47 Å². The fraction of sp³-hybridized carbons (Fsp3) is 0.562. The molecular formula is C16H22N2O4. The molecule has 0 saturated heterocycles. The van der Waals surface area contributed by atoms with E-state index in [0.29, 0.717) is 19.2 Å². The molecule has 0 radical (unpaired) electrons. The summed E-state index contributed by atoms with van der Waals surface area (Å²) in [5.41, 5.74) is 1.07. The lowest BCUT2D eigenvalue weighted by molar-refractivity contribution is -0.0291. The fourth-order valence-electron chi connectivity index (χ4n) is 2.99. The van der Waals surface area contributed by atoms with Crippen molar-refractivity contribution in [1.29, 1.82) is 0 Å². The molecule has 2 aliphatic rings. The van der Waals surface area contributed by atoms with E-state index in [9.17, 15) is 10.2 Å². The number of nitrogens with zero attached hydrogens (tertiary/aromatic N) is 2. The van der Waals surface area contributed by atoms with Gasteiger partial charge in [-0.1, -0.05) is 30.3 Å². The molecule has 1 aromatic carbocycles. The number of amidine groups is 1. The minimum absolute atomic E-state index is 0.287. The van der Waals surface area contributed by atoms with Crippen LogP contribution in [0.25, 0.3) is 0 Å². The Bertz CT molecular complexity index is 534. The van der Waals surface area contributed by atoms with E-state index in [1.165, 1.54) is 0 Å². The van der Waals surface area contributed by atoms with Crippen LogP contribution in [-0.4, -0.2) is 66.2 Å². The molecule has 6 heteroatoms. The lowest BCUT2D eigenvalue weighted by Gasteiger charge is -2.22. The summed E-state index contributed by atoms with van der Waals surface area (Å²) >= 11 is 0. The van der Waals surface area contributed by atoms with Crippen LogP contribution >= 0.6 is 0 Å². The maximum atomic E-state index is 10.2. The standard InChI is InChI=1S/C16H22N2O4/c1-18(2)16-17-12-14(20)13(19)11(15(12)22-16)9-21-8-10-6-4-3-5-7-10/h3-7,11-15,19-20H,8-9H2,1-2H3/t11-,12-,13-,14-,15+/m1/s1. The minimum Gasteiger partial charge on any atom is -0.459 e. The minimum atomic E-state index is -0.909. The van der Waals surface area contributed by atoms with Crippen LogP contribution < -0.4 is 0 Å². The van der Waals surface area contributed by atoms with Crippen molar-refractivity contribution in [1.82, 2.24) is 4.90 Å². The fourth-order valence-corrected chi connectivity index (χ4v) is 2.99. The van der Waals surface area contributed by atoms with Crippen LogP contribution in [0, 0.1) is 5.92 Å². The van der Waals surface area contributed by atoms with Crippen molar-refractivity contribution in [3.8, 4) is 0 Å². The second-order valence-corrected chi connectivity index (χ2v) is 6.02. The summed E-state index contributed by atoms with van der Waals surface area (Å²) < 4.78 is 11.5. The normalized spacial score (nSPS) is 33.3. The van der Waals surface area contributed by atoms with Crippen molar-refractivity contribution in [2.45, 2.75) is 31.0 Å². The maximum Gasteiger partial charge on any atom is 0.287 e. The molecule has 0 unspecified atom stereocenters. The van der Waals surface area contributed by atoms with Crippen LogP contribution in [0.2, 0.25) is 0 Å². The molecule has 0 bridgehead atoms. The molecule has 1 aliphatic carbocycles. The number of hydrogen-bond donors (Lipinski definition) is 2. The summed E-state index contributed by atoms with van der Waals surface area (Å²) in [6.07, 6.45) is -2.12. The molecule has 0 amide bonds. The third-order valence-electron chi connectivity index (χ3n) is 4.20. The number of ether oxygens (including phenoxy) is 2. The molecule has 0 aromatic heterocycles. The zero-order valence-corrected chi connectivity index (χ0v) is 12.8. The number of rotatable bonds is 4. The molecule has 3 rings (SSSR count). The lowest BCUT2D eigenvalue weighted by Crippen LogP contribution is -2.34. The zero-order chi connectivity index (χ0) is 15.7. The largest absolute Gasteiger partial charge is 0.459 e. The molecule has 1 fully saturated rings. The monoisotopic (exact) mass is 306 g/mol. The van der Waals surface area contributed by atoms with E-state index in [1.54, 1.807) is 4.90 Å². The first kappa shape index (κ1) is 15.3. The van der Waals surface area contributed by atoms with Crippen molar-refractivity contribution >= 4 is 6.02 Å². The smallest absolute Gasteiger partial charge is 0.287 e. The van der Waals surface area contributed by atoms with Gasteiger partial charge in [0, 0.05) is 14.1 Å². The van der Waals surface area contributed by atoms with Gasteiger partial charge in [-0.2, -0.15) is 0 Å². The van der Waals surface area contributed by atoms with Gasteiger partial charge in [0.1, 0.15) is 18.2 Å². The SMILES string of the molecule is CN(C)C1=N[C@@H]2[C@@H](O)[C@H](O)[C@@H](COCc3ccccc3)[C@@H]2O1. The number of benzene rings is 1. The maximum absolute atomic E-state index is 10.2. The van der Waals surface area contributed by atoms with Gasteiger partial charge in [-0.15, -0.1) is 0 Å².